The van der Waals surface area contributed by atoms with Crippen molar-refractivity contribution >= 4 is 28.6 Å². The first-order chi connectivity index (χ1) is 7.69. The van der Waals surface area contributed by atoms with Crippen LogP contribution in [0, 0.1) is 0 Å². The van der Waals surface area contributed by atoms with Crippen LogP contribution in [0.25, 0.3) is 0 Å². The maximum absolute atomic E-state index is 12.1. The third-order valence-corrected chi connectivity index (χ3v) is 5.27. The van der Waals surface area contributed by atoms with Crippen LogP contribution in [0.1, 0.15) is 33.1 Å². The van der Waals surface area contributed by atoms with Crippen LogP contribution in [-0.2, 0) is 9.53 Å². The van der Waals surface area contributed by atoms with Crippen molar-refractivity contribution < 1.29 is 14.6 Å². The second-order valence-electron chi connectivity index (χ2n) is 5.47. The van der Waals surface area contributed by atoms with Crippen molar-refractivity contribution in [3.8, 4) is 0 Å². The highest BCUT2D eigenvalue weighted by atomic mass is 127. The summed E-state index contributed by atoms with van der Waals surface area (Å²) in [5.74, 6) is -0.349. The van der Waals surface area contributed by atoms with Gasteiger partial charge in [-0.1, -0.05) is 22.6 Å². The Bertz CT molecular complexity index is 340. The number of nitrogens with two attached hydrogens (primary N) is 1. The molecular formula is C11H19IN2O3. The van der Waals surface area contributed by atoms with Gasteiger partial charge in [0.25, 0.3) is 0 Å². The van der Waals surface area contributed by atoms with Crippen LogP contribution in [0.5, 0.6) is 0 Å². The molecular weight excluding hydrogens is 335 g/mol. The van der Waals surface area contributed by atoms with E-state index in [2.05, 4.69) is 5.32 Å². The molecule has 0 aromatic rings. The Kier molecular flexibility index (Phi) is 3.21. The normalized spacial score (nSPS) is 44.2. The van der Waals surface area contributed by atoms with Gasteiger partial charge in [-0.05, 0) is 33.1 Å². The fourth-order valence-electron chi connectivity index (χ4n) is 2.15. The quantitative estimate of drug-likeness (QED) is 0.293. The van der Waals surface area contributed by atoms with Gasteiger partial charge in [0.1, 0.15) is 15.2 Å². The van der Waals surface area contributed by atoms with Gasteiger partial charge in [0.05, 0.1) is 5.60 Å². The van der Waals surface area contributed by atoms with E-state index in [0.717, 1.165) is 12.8 Å². The smallest absolute Gasteiger partial charge is 0.325 e. The molecule has 2 fully saturated rings. The Morgan fingerprint density at radius 1 is 1.71 bits per heavy atom. The maximum Gasteiger partial charge on any atom is 0.325 e. The van der Waals surface area contributed by atoms with Gasteiger partial charge in [-0.25, -0.2) is 0 Å². The zero-order valence-corrected chi connectivity index (χ0v) is 12.3. The average Bonchev–Trinajstić information content (AvgIpc) is 2.88. The Balaban J connectivity index is 2.02. The highest BCUT2D eigenvalue weighted by Gasteiger charge is 2.59. The Morgan fingerprint density at radius 3 is 2.71 bits per heavy atom. The molecule has 0 aromatic carbocycles. The molecule has 1 aliphatic carbocycles. The molecule has 1 aliphatic heterocycles. The van der Waals surface area contributed by atoms with E-state index in [4.69, 9.17) is 10.5 Å². The molecule has 6 heteroatoms. The van der Waals surface area contributed by atoms with Gasteiger partial charge < -0.3 is 15.6 Å². The number of nitrogens with one attached hydrogen (secondary N) is 1. The molecule has 0 bridgehead atoms. The third kappa shape index (κ3) is 2.32. The number of hydrogen-bond donors (Lipinski definition) is 3. The van der Waals surface area contributed by atoms with Crippen LogP contribution in [-0.4, -0.2) is 38.4 Å². The van der Waals surface area contributed by atoms with Gasteiger partial charge in [-0.3, -0.25) is 10.1 Å². The van der Waals surface area contributed by atoms with Crippen LogP contribution < -0.4 is 11.1 Å². The summed E-state index contributed by atoms with van der Waals surface area (Å²) in [6.07, 6.45) is 1.87. The van der Waals surface area contributed by atoms with Crippen molar-refractivity contribution in [3.05, 3.63) is 0 Å². The van der Waals surface area contributed by atoms with Crippen molar-refractivity contribution in [2.24, 2.45) is 5.73 Å². The van der Waals surface area contributed by atoms with Crippen molar-refractivity contribution in [2.75, 3.05) is 6.54 Å². The fraction of sp³-hybridized carbons (Fsp3) is 0.909. The number of aliphatic hydroxyl groups is 1. The summed E-state index contributed by atoms with van der Waals surface area (Å²) < 4.78 is 4.64. The predicted molar refractivity (Wildman–Crippen MR) is 71.7 cm³/mol. The number of esters is 1. The number of halogens is 1. The molecule has 1 heterocycles. The molecule has 98 valence electrons. The number of rotatable bonds is 3. The van der Waals surface area contributed by atoms with E-state index in [0.29, 0.717) is 13.0 Å². The van der Waals surface area contributed by atoms with E-state index < -0.39 is 20.8 Å². The van der Waals surface area contributed by atoms with Crippen LogP contribution in [0.15, 0.2) is 0 Å². The molecule has 17 heavy (non-hydrogen) atoms. The monoisotopic (exact) mass is 354 g/mol. The van der Waals surface area contributed by atoms with E-state index in [1.807, 2.05) is 22.6 Å². The minimum atomic E-state index is -0.902. The molecule has 0 radical (unpaired) electrons. The summed E-state index contributed by atoms with van der Waals surface area (Å²) in [6.45, 7) is 4.10. The molecule has 5 nitrogen and oxygen atoms in total. The summed E-state index contributed by atoms with van der Waals surface area (Å²) in [5.41, 5.74) is 4.41. The predicted octanol–water partition coefficient (Wildman–Crippen LogP) is 0.285. The van der Waals surface area contributed by atoms with Crippen LogP contribution in [0.3, 0.4) is 0 Å². The Hall–Kier alpha value is 0.0800. The number of ether oxygens (including phenoxy) is 1. The van der Waals surface area contributed by atoms with E-state index in [1.165, 1.54) is 0 Å². The first-order valence-electron chi connectivity index (χ1n) is 5.85. The number of hydrogen-bond acceptors (Lipinski definition) is 5. The van der Waals surface area contributed by atoms with E-state index in [-0.39, 0.29) is 5.97 Å². The zero-order chi connectivity index (χ0) is 12.9. The van der Waals surface area contributed by atoms with Gasteiger partial charge in [-0.15, -0.1) is 0 Å². The first-order valence-corrected chi connectivity index (χ1v) is 6.93. The standard InChI is InChI=1S/C11H19IN2O3/c1-9(16)5-3-4-7(9)17-8(15)10(2,12)11(13)6-14-11/h7,14,16H,3-6,13H2,1-2H3/t7?,9-,10?,11?/m1/s1. The SMILES string of the molecule is CC(I)(C(=O)OC1CCC[C@@]1(C)O)C1(N)CN1. The van der Waals surface area contributed by atoms with Crippen LogP contribution in [0.4, 0.5) is 0 Å². The summed E-state index contributed by atoms with van der Waals surface area (Å²) in [6, 6.07) is 0. The molecule has 3 unspecified atom stereocenters. The van der Waals surface area contributed by atoms with Gasteiger partial charge in [0, 0.05) is 6.54 Å². The molecule has 0 aromatic heterocycles. The van der Waals surface area contributed by atoms with E-state index >= 15 is 0 Å². The van der Waals surface area contributed by atoms with Gasteiger partial charge >= 0.3 is 5.97 Å². The van der Waals surface area contributed by atoms with E-state index in [9.17, 15) is 9.90 Å². The molecule has 4 atom stereocenters. The summed E-state index contributed by atoms with van der Waals surface area (Å²) >= 11 is 2.03. The van der Waals surface area contributed by atoms with Gasteiger partial charge in [0.2, 0.25) is 0 Å². The van der Waals surface area contributed by atoms with Crippen molar-refractivity contribution in [2.45, 2.75) is 53.9 Å². The minimum absolute atomic E-state index is 0.349. The van der Waals surface area contributed by atoms with Gasteiger partial charge in [-0.2, -0.15) is 0 Å². The second kappa shape index (κ2) is 4.04. The second-order valence-corrected chi connectivity index (χ2v) is 7.63. The lowest BCUT2D eigenvalue weighted by Gasteiger charge is -2.31. The molecule has 2 rings (SSSR count). The van der Waals surface area contributed by atoms with Crippen molar-refractivity contribution in [1.29, 1.82) is 0 Å². The maximum atomic E-state index is 12.1. The topological polar surface area (TPSA) is 94.5 Å². The van der Waals surface area contributed by atoms with Crippen LogP contribution in [0.2, 0.25) is 0 Å². The van der Waals surface area contributed by atoms with Crippen LogP contribution >= 0.6 is 22.6 Å². The Morgan fingerprint density at radius 2 is 2.29 bits per heavy atom. The highest BCUT2D eigenvalue weighted by Crippen LogP contribution is 2.38. The Labute approximate surface area is 115 Å². The lowest BCUT2D eigenvalue weighted by molar-refractivity contribution is -0.162. The van der Waals surface area contributed by atoms with Crippen molar-refractivity contribution in [1.82, 2.24) is 5.32 Å². The number of carbonyl (C=O) groups is 1. The summed E-state index contributed by atoms with van der Waals surface area (Å²) in [4.78, 5) is 12.1. The zero-order valence-electron chi connectivity index (χ0n) is 10.1. The largest absolute Gasteiger partial charge is 0.458 e. The molecule has 1 saturated carbocycles. The van der Waals surface area contributed by atoms with Gasteiger partial charge in [0.15, 0.2) is 0 Å². The lowest BCUT2D eigenvalue weighted by Crippen LogP contribution is -2.54. The third-order valence-electron chi connectivity index (χ3n) is 3.87. The molecule has 2 aliphatic rings. The molecule has 0 spiro atoms. The minimum Gasteiger partial charge on any atom is -0.458 e. The fourth-order valence-corrected chi connectivity index (χ4v) is 2.66. The van der Waals surface area contributed by atoms with E-state index in [1.54, 1.807) is 13.8 Å². The average molecular weight is 354 g/mol. The number of alkyl halides is 1. The highest BCUT2D eigenvalue weighted by molar-refractivity contribution is 14.1. The molecule has 0 amide bonds. The van der Waals surface area contributed by atoms with Crippen molar-refractivity contribution in [3.63, 3.8) is 0 Å². The summed E-state index contributed by atoms with van der Waals surface area (Å²) in [7, 11) is 0. The lowest BCUT2D eigenvalue weighted by atomic mass is 10.0. The molecule has 1 saturated heterocycles. The number of carbonyl (C=O) groups excluding carboxylic acids is 1. The first kappa shape index (κ1) is 13.5. The summed E-state index contributed by atoms with van der Waals surface area (Å²) in [5, 5.41) is 13.0. The molecule has 4 N–H and O–H groups in total.